The minimum Gasteiger partial charge on any atom is -0.339 e. The largest absolute Gasteiger partial charge is 0.339 e. The van der Waals surface area contributed by atoms with Gasteiger partial charge in [-0.25, -0.2) is 0 Å². The smallest absolute Gasteiger partial charge is 0.219 e. The zero-order valence-electron chi connectivity index (χ0n) is 10.5. The Labute approximate surface area is 99.0 Å². The van der Waals surface area contributed by atoms with Crippen LogP contribution in [0.2, 0.25) is 0 Å². The zero-order valence-corrected chi connectivity index (χ0v) is 10.5. The predicted molar refractivity (Wildman–Crippen MR) is 68.2 cm³/mol. The molecular weight excluding hydrogens is 198 g/mol. The van der Waals surface area contributed by atoms with Crippen molar-refractivity contribution in [1.29, 1.82) is 0 Å². The highest BCUT2D eigenvalue weighted by Crippen LogP contribution is 2.18. The van der Waals surface area contributed by atoms with Gasteiger partial charge in [-0.1, -0.05) is 31.2 Å². The molecule has 0 bridgehead atoms. The van der Waals surface area contributed by atoms with Gasteiger partial charge in [-0.15, -0.1) is 0 Å². The monoisotopic (exact) mass is 221 g/mol. The summed E-state index contributed by atoms with van der Waals surface area (Å²) < 4.78 is 0. The van der Waals surface area contributed by atoms with Crippen molar-refractivity contribution in [3.63, 3.8) is 0 Å². The van der Waals surface area contributed by atoms with Gasteiger partial charge in [-0.3, -0.25) is 4.79 Å². The van der Waals surface area contributed by atoms with Crippen LogP contribution in [-0.2, 0) is 4.79 Å². The van der Waals surface area contributed by atoms with Crippen molar-refractivity contribution < 1.29 is 4.79 Å². The molecule has 1 atom stereocenters. The molecule has 0 spiro atoms. The molecular formula is C14H23NO. The molecule has 0 aromatic heterocycles. The first-order valence-electron chi connectivity index (χ1n) is 6.31. The van der Waals surface area contributed by atoms with Crippen LogP contribution in [-0.4, -0.2) is 23.9 Å². The number of amides is 1. The fourth-order valence-corrected chi connectivity index (χ4v) is 2.02. The normalized spacial score (nSPS) is 20.2. The number of hydrogen-bond donors (Lipinski definition) is 0. The Morgan fingerprint density at radius 1 is 1.50 bits per heavy atom. The number of nitrogens with zero attached hydrogens (tertiary/aromatic N) is 1. The Morgan fingerprint density at radius 3 is 2.88 bits per heavy atom. The van der Waals surface area contributed by atoms with Gasteiger partial charge in [0.15, 0.2) is 0 Å². The molecule has 90 valence electrons. The first-order valence-corrected chi connectivity index (χ1v) is 6.31. The fourth-order valence-electron chi connectivity index (χ4n) is 2.02. The topological polar surface area (TPSA) is 20.3 Å². The highest BCUT2D eigenvalue weighted by molar-refractivity contribution is 5.73. The maximum Gasteiger partial charge on any atom is 0.219 e. The maximum absolute atomic E-state index is 11.3. The Bertz CT molecular complexity index is 268. The van der Waals surface area contributed by atoms with Gasteiger partial charge in [0.1, 0.15) is 0 Å². The molecule has 0 radical (unpaired) electrons. The zero-order chi connectivity index (χ0) is 11.8. The average Bonchev–Trinajstić information content (AvgIpc) is 2.29. The lowest BCUT2D eigenvalue weighted by Gasteiger charge is -2.19. The van der Waals surface area contributed by atoms with Gasteiger partial charge in [-0.2, -0.15) is 0 Å². The van der Waals surface area contributed by atoms with E-state index in [0.29, 0.717) is 5.92 Å². The van der Waals surface area contributed by atoms with E-state index in [0.717, 1.165) is 25.9 Å². The lowest BCUT2D eigenvalue weighted by atomic mass is 9.94. The van der Waals surface area contributed by atoms with Crippen molar-refractivity contribution in [2.24, 2.45) is 5.92 Å². The van der Waals surface area contributed by atoms with Crippen LogP contribution in [0.3, 0.4) is 0 Å². The number of carbonyl (C=O) groups excluding carboxylic acids is 1. The van der Waals surface area contributed by atoms with Gasteiger partial charge in [0.25, 0.3) is 0 Å². The molecule has 1 rings (SSSR count). The highest BCUT2D eigenvalue weighted by Gasteiger charge is 2.07. The molecule has 0 aromatic rings. The van der Waals surface area contributed by atoms with Crippen molar-refractivity contribution in [2.45, 2.75) is 39.5 Å². The van der Waals surface area contributed by atoms with E-state index in [2.05, 4.69) is 31.2 Å². The third-order valence-corrected chi connectivity index (χ3v) is 2.98. The van der Waals surface area contributed by atoms with Gasteiger partial charge in [0, 0.05) is 20.0 Å². The van der Waals surface area contributed by atoms with Crippen molar-refractivity contribution in [2.75, 3.05) is 13.1 Å². The lowest BCUT2D eigenvalue weighted by molar-refractivity contribution is -0.128. The summed E-state index contributed by atoms with van der Waals surface area (Å²) in [7, 11) is 0. The third-order valence-electron chi connectivity index (χ3n) is 2.98. The molecule has 1 unspecified atom stereocenters. The van der Waals surface area contributed by atoms with Crippen LogP contribution in [0.25, 0.3) is 0 Å². The van der Waals surface area contributed by atoms with E-state index in [1.165, 1.54) is 12.8 Å². The van der Waals surface area contributed by atoms with Gasteiger partial charge < -0.3 is 4.90 Å². The molecule has 16 heavy (non-hydrogen) atoms. The summed E-state index contributed by atoms with van der Waals surface area (Å²) in [6, 6.07) is 0. The Balaban J connectivity index is 2.32. The summed E-state index contributed by atoms with van der Waals surface area (Å²) in [5, 5.41) is 0. The first kappa shape index (κ1) is 13.0. The molecule has 0 N–H and O–H groups in total. The first-order chi connectivity index (χ1) is 7.74. The van der Waals surface area contributed by atoms with Gasteiger partial charge in [-0.05, 0) is 31.6 Å². The highest BCUT2D eigenvalue weighted by atomic mass is 16.2. The second-order valence-corrected chi connectivity index (χ2v) is 4.44. The average molecular weight is 221 g/mol. The predicted octanol–water partition coefficient (Wildman–Crippen LogP) is 3.16. The van der Waals surface area contributed by atoms with E-state index >= 15 is 0 Å². The van der Waals surface area contributed by atoms with E-state index in [4.69, 9.17) is 0 Å². The van der Waals surface area contributed by atoms with E-state index in [9.17, 15) is 4.79 Å². The van der Waals surface area contributed by atoms with Crippen molar-refractivity contribution >= 4 is 5.91 Å². The summed E-state index contributed by atoms with van der Waals surface area (Å²) in [6.07, 6.45) is 13.6. The summed E-state index contributed by atoms with van der Waals surface area (Å²) in [5.74, 6) is 0.857. The minimum absolute atomic E-state index is 0.176. The van der Waals surface area contributed by atoms with Crippen LogP contribution in [0.1, 0.15) is 39.5 Å². The summed E-state index contributed by atoms with van der Waals surface area (Å²) in [4.78, 5) is 13.2. The second-order valence-electron chi connectivity index (χ2n) is 4.44. The standard InChI is InChI=1S/C14H23NO/c1-3-11-15(13(2)16)12-7-10-14-8-5-4-6-9-14/h4-5,7,10,14H,3,6,8-9,11-12H2,1-2H3/b10-7-. The second kappa shape index (κ2) is 7.26. The van der Waals surface area contributed by atoms with E-state index in [-0.39, 0.29) is 5.91 Å². The van der Waals surface area contributed by atoms with Gasteiger partial charge in [0.2, 0.25) is 5.91 Å². The molecule has 1 aliphatic carbocycles. The lowest BCUT2D eigenvalue weighted by Crippen LogP contribution is -2.29. The molecule has 0 aliphatic heterocycles. The Morgan fingerprint density at radius 2 is 2.31 bits per heavy atom. The van der Waals surface area contributed by atoms with Crippen LogP contribution in [0.15, 0.2) is 24.3 Å². The van der Waals surface area contributed by atoms with Crippen LogP contribution >= 0.6 is 0 Å². The van der Waals surface area contributed by atoms with E-state index < -0.39 is 0 Å². The van der Waals surface area contributed by atoms with Crippen molar-refractivity contribution in [1.82, 2.24) is 4.90 Å². The molecule has 0 aromatic carbocycles. The summed E-state index contributed by atoms with van der Waals surface area (Å²) in [5.41, 5.74) is 0. The Hall–Kier alpha value is -1.05. The van der Waals surface area contributed by atoms with Gasteiger partial charge in [0.05, 0.1) is 0 Å². The third kappa shape index (κ3) is 4.65. The minimum atomic E-state index is 0.176. The molecule has 2 nitrogen and oxygen atoms in total. The molecule has 1 aliphatic rings. The summed E-state index contributed by atoms with van der Waals surface area (Å²) in [6.45, 7) is 5.38. The maximum atomic E-state index is 11.3. The number of rotatable bonds is 5. The summed E-state index contributed by atoms with van der Waals surface area (Å²) >= 11 is 0. The molecule has 0 fully saturated rings. The van der Waals surface area contributed by atoms with Crippen LogP contribution in [0.4, 0.5) is 0 Å². The van der Waals surface area contributed by atoms with Gasteiger partial charge >= 0.3 is 0 Å². The Kier molecular flexibility index (Phi) is 5.91. The fraction of sp³-hybridized carbons (Fsp3) is 0.643. The molecule has 2 heteroatoms. The molecule has 0 saturated carbocycles. The molecule has 0 heterocycles. The van der Waals surface area contributed by atoms with E-state index in [1.807, 2.05) is 4.90 Å². The van der Waals surface area contributed by atoms with Crippen molar-refractivity contribution in [3.05, 3.63) is 24.3 Å². The van der Waals surface area contributed by atoms with Crippen molar-refractivity contribution in [3.8, 4) is 0 Å². The van der Waals surface area contributed by atoms with E-state index in [1.54, 1.807) is 6.92 Å². The van der Waals surface area contributed by atoms with Crippen LogP contribution in [0, 0.1) is 5.92 Å². The number of carbonyl (C=O) groups is 1. The number of hydrogen-bond acceptors (Lipinski definition) is 1. The number of allylic oxidation sites excluding steroid dienone is 3. The van der Waals surface area contributed by atoms with Crippen LogP contribution in [0.5, 0.6) is 0 Å². The SMILES string of the molecule is CCCN(C/C=C\C1CC=CCC1)C(C)=O. The molecule has 1 amide bonds. The quantitative estimate of drug-likeness (QED) is 0.653. The van der Waals surface area contributed by atoms with Crippen LogP contribution < -0.4 is 0 Å². The molecule has 0 saturated heterocycles.